The van der Waals surface area contributed by atoms with Crippen LogP contribution < -0.4 is 4.72 Å². The molecule has 2 unspecified atom stereocenters. The van der Waals surface area contributed by atoms with Crippen LogP contribution in [0.2, 0.25) is 0 Å². The molecule has 1 saturated carbocycles. The Kier molecular flexibility index (Phi) is 5.12. The predicted octanol–water partition coefficient (Wildman–Crippen LogP) is 1.94. The number of halogens is 1. The van der Waals surface area contributed by atoms with Gasteiger partial charge in [-0.2, -0.15) is 0 Å². The van der Waals surface area contributed by atoms with Gasteiger partial charge in [-0.1, -0.05) is 31.4 Å². The number of hydrogen-bond donors (Lipinski definition) is 2. The van der Waals surface area contributed by atoms with Crippen molar-refractivity contribution in [3.63, 3.8) is 0 Å². The first kappa shape index (κ1) is 15.4. The van der Waals surface area contributed by atoms with E-state index in [0.29, 0.717) is 18.4 Å². The molecule has 1 aromatic carbocycles. The van der Waals surface area contributed by atoms with Gasteiger partial charge >= 0.3 is 0 Å². The minimum Gasteiger partial charge on any atom is -0.391 e. The molecular formula is C14H20FNO3S. The maximum Gasteiger partial charge on any atom is 0.216 e. The summed E-state index contributed by atoms with van der Waals surface area (Å²) in [6.07, 6.45) is 3.53. The van der Waals surface area contributed by atoms with E-state index in [1.165, 1.54) is 24.3 Å². The van der Waals surface area contributed by atoms with Crippen LogP contribution in [0.25, 0.3) is 0 Å². The molecule has 20 heavy (non-hydrogen) atoms. The number of rotatable bonds is 4. The summed E-state index contributed by atoms with van der Waals surface area (Å²) in [5, 5.41) is 9.94. The van der Waals surface area contributed by atoms with Crippen molar-refractivity contribution in [2.75, 3.05) is 0 Å². The fourth-order valence-corrected chi connectivity index (χ4v) is 3.95. The smallest absolute Gasteiger partial charge is 0.216 e. The average Bonchev–Trinajstić information content (AvgIpc) is 2.57. The molecule has 0 saturated heterocycles. The Hall–Kier alpha value is -0.980. The van der Waals surface area contributed by atoms with Gasteiger partial charge in [0.05, 0.1) is 11.9 Å². The van der Waals surface area contributed by atoms with Crippen molar-refractivity contribution in [3.05, 3.63) is 35.6 Å². The molecule has 1 aromatic rings. The fourth-order valence-electron chi connectivity index (χ4n) is 2.50. The Balaban J connectivity index is 2.01. The van der Waals surface area contributed by atoms with Crippen LogP contribution in [-0.4, -0.2) is 25.7 Å². The molecule has 0 amide bonds. The third-order valence-corrected chi connectivity index (χ3v) is 4.96. The van der Waals surface area contributed by atoms with E-state index in [9.17, 15) is 17.9 Å². The standard InChI is InChI=1S/C14H20FNO3S/c15-12-8-6-11(7-9-12)10-20(18,19)16-13-4-2-1-3-5-14(13)17/h6-9,13-14,16-17H,1-5,10H2. The summed E-state index contributed by atoms with van der Waals surface area (Å²) in [6, 6.07) is 4.98. The number of aliphatic hydroxyl groups is 1. The zero-order valence-electron chi connectivity index (χ0n) is 11.3. The Labute approximate surface area is 119 Å². The van der Waals surface area contributed by atoms with E-state index in [1.807, 2.05) is 0 Å². The minimum atomic E-state index is -3.53. The van der Waals surface area contributed by atoms with Crippen molar-refractivity contribution in [2.45, 2.75) is 50.0 Å². The van der Waals surface area contributed by atoms with Gasteiger partial charge in [0.15, 0.2) is 0 Å². The largest absolute Gasteiger partial charge is 0.391 e. The molecule has 1 fully saturated rings. The molecule has 0 spiro atoms. The molecule has 0 bridgehead atoms. The lowest BCUT2D eigenvalue weighted by Crippen LogP contribution is -2.43. The van der Waals surface area contributed by atoms with E-state index in [1.54, 1.807) is 0 Å². The monoisotopic (exact) mass is 301 g/mol. The molecule has 2 N–H and O–H groups in total. The Bertz CT molecular complexity index is 530. The van der Waals surface area contributed by atoms with Crippen molar-refractivity contribution in [1.82, 2.24) is 4.72 Å². The minimum absolute atomic E-state index is 0.198. The summed E-state index contributed by atoms with van der Waals surface area (Å²) in [7, 11) is -3.53. The van der Waals surface area contributed by atoms with Gasteiger partial charge < -0.3 is 5.11 Å². The van der Waals surface area contributed by atoms with Crippen molar-refractivity contribution in [3.8, 4) is 0 Å². The number of aliphatic hydroxyl groups excluding tert-OH is 1. The summed E-state index contributed by atoms with van der Waals surface area (Å²) >= 11 is 0. The van der Waals surface area contributed by atoms with Crippen molar-refractivity contribution in [2.24, 2.45) is 0 Å². The third-order valence-electron chi connectivity index (χ3n) is 3.58. The first-order chi connectivity index (χ1) is 9.46. The molecular weight excluding hydrogens is 281 g/mol. The molecule has 112 valence electrons. The summed E-state index contributed by atoms with van der Waals surface area (Å²) in [4.78, 5) is 0. The van der Waals surface area contributed by atoms with Gasteiger partial charge in [0.2, 0.25) is 10.0 Å². The summed E-state index contributed by atoms with van der Waals surface area (Å²) in [6.45, 7) is 0. The van der Waals surface area contributed by atoms with Gasteiger partial charge in [-0.25, -0.2) is 17.5 Å². The molecule has 4 nitrogen and oxygen atoms in total. The molecule has 0 radical (unpaired) electrons. The van der Waals surface area contributed by atoms with E-state index in [0.717, 1.165) is 19.3 Å². The van der Waals surface area contributed by atoms with Gasteiger partial charge in [-0.3, -0.25) is 0 Å². The normalized spacial score (nSPS) is 24.3. The highest BCUT2D eigenvalue weighted by Gasteiger charge is 2.26. The molecule has 6 heteroatoms. The Morgan fingerprint density at radius 1 is 1.15 bits per heavy atom. The van der Waals surface area contributed by atoms with Crippen LogP contribution in [0, 0.1) is 5.82 Å². The topological polar surface area (TPSA) is 66.4 Å². The summed E-state index contributed by atoms with van der Waals surface area (Å²) in [5.74, 6) is -0.588. The van der Waals surface area contributed by atoms with Gasteiger partial charge in [0.1, 0.15) is 5.82 Å². The molecule has 0 aromatic heterocycles. The van der Waals surface area contributed by atoms with Crippen LogP contribution in [-0.2, 0) is 15.8 Å². The number of hydrogen-bond acceptors (Lipinski definition) is 3. The summed E-state index contributed by atoms with van der Waals surface area (Å²) < 4.78 is 39.6. The predicted molar refractivity (Wildman–Crippen MR) is 75.0 cm³/mol. The quantitative estimate of drug-likeness (QED) is 0.835. The van der Waals surface area contributed by atoms with E-state index in [4.69, 9.17) is 0 Å². The molecule has 1 aliphatic rings. The van der Waals surface area contributed by atoms with Crippen molar-refractivity contribution in [1.29, 1.82) is 0 Å². The zero-order valence-corrected chi connectivity index (χ0v) is 12.1. The molecule has 2 atom stereocenters. The molecule has 0 heterocycles. The van der Waals surface area contributed by atoms with Gasteiger partial charge in [-0.05, 0) is 30.5 Å². The Morgan fingerprint density at radius 2 is 1.80 bits per heavy atom. The number of benzene rings is 1. The van der Waals surface area contributed by atoms with Crippen LogP contribution in [0.15, 0.2) is 24.3 Å². The summed E-state index contributed by atoms with van der Waals surface area (Å²) in [5.41, 5.74) is 0.530. The third kappa shape index (κ3) is 4.54. The van der Waals surface area contributed by atoms with Crippen molar-refractivity contribution >= 4 is 10.0 Å². The fraction of sp³-hybridized carbons (Fsp3) is 0.571. The van der Waals surface area contributed by atoms with Gasteiger partial charge in [-0.15, -0.1) is 0 Å². The highest BCUT2D eigenvalue weighted by atomic mass is 32.2. The van der Waals surface area contributed by atoms with E-state index >= 15 is 0 Å². The van der Waals surface area contributed by atoms with Crippen LogP contribution >= 0.6 is 0 Å². The van der Waals surface area contributed by atoms with Crippen LogP contribution in [0.5, 0.6) is 0 Å². The lowest BCUT2D eigenvalue weighted by atomic mass is 10.1. The Morgan fingerprint density at radius 3 is 2.50 bits per heavy atom. The zero-order chi connectivity index (χ0) is 14.6. The number of sulfonamides is 1. The van der Waals surface area contributed by atoms with E-state index in [-0.39, 0.29) is 5.75 Å². The second-order valence-electron chi connectivity index (χ2n) is 5.32. The molecule has 1 aliphatic carbocycles. The second kappa shape index (κ2) is 6.65. The highest BCUT2D eigenvalue weighted by Crippen LogP contribution is 2.19. The van der Waals surface area contributed by atoms with Gasteiger partial charge in [0, 0.05) is 6.04 Å². The van der Waals surface area contributed by atoms with E-state index < -0.39 is 28.0 Å². The lowest BCUT2D eigenvalue weighted by Gasteiger charge is -2.21. The first-order valence-electron chi connectivity index (χ1n) is 6.89. The highest BCUT2D eigenvalue weighted by molar-refractivity contribution is 7.88. The molecule has 0 aliphatic heterocycles. The first-order valence-corrected chi connectivity index (χ1v) is 8.54. The maximum atomic E-state index is 12.8. The van der Waals surface area contributed by atoms with E-state index in [2.05, 4.69) is 4.72 Å². The average molecular weight is 301 g/mol. The van der Waals surface area contributed by atoms with Crippen LogP contribution in [0.1, 0.15) is 37.7 Å². The van der Waals surface area contributed by atoms with Gasteiger partial charge in [0.25, 0.3) is 0 Å². The number of nitrogens with one attached hydrogen (secondary N) is 1. The van der Waals surface area contributed by atoms with Crippen LogP contribution in [0.4, 0.5) is 4.39 Å². The molecule has 2 rings (SSSR count). The van der Waals surface area contributed by atoms with Crippen LogP contribution in [0.3, 0.4) is 0 Å². The SMILES string of the molecule is O=S(=O)(Cc1ccc(F)cc1)NC1CCCCCC1O. The lowest BCUT2D eigenvalue weighted by molar-refractivity contribution is 0.130. The maximum absolute atomic E-state index is 12.8. The van der Waals surface area contributed by atoms with Crippen molar-refractivity contribution < 1.29 is 17.9 Å². The second-order valence-corrected chi connectivity index (χ2v) is 7.07.